The lowest BCUT2D eigenvalue weighted by Gasteiger charge is -1.96. The Morgan fingerprint density at radius 1 is 1.00 bits per heavy atom. The van der Waals surface area contributed by atoms with Crippen molar-refractivity contribution in [2.75, 3.05) is 0 Å². The zero-order valence-corrected chi connectivity index (χ0v) is 14.4. The Bertz CT molecular complexity index is 1020. The summed E-state index contributed by atoms with van der Waals surface area (Å²) in [7, 11) is 0. The molecule has 0 saturated heterocycles. The van der Waals surface area contributed by atoms with Crippen molar-refractivity contribution in [3.05, 3.63) is 58.4 Å². The van der Waals surface area contributed by atoms with Crippen LogP contribution in [-0.2, 0) is 5.75 Å². The van der Waals surface area contributed by atoms with Crippen LogP contribution in [0, 0.1) is 0 Å². The number of hydrogen-bond acceptors (Lipinski definition) is 6. The van der Waals surface area contributed by atoms with Crippen LogP contribution in [0.25, 0.3) is 22.6 Å². The van der Waals surface area contributed by atoms with Crippen LogP contribution in [0.1, 0.15) is 5.89 Å². The third-order valence-electron chi connectivity index (χ3n) is 3.22. The van der Waals surface area contributed by atoms with Gasteiger partial charge in [0.25, 0.3) is 5.22 Å². The molecule has 4 rings (SSSR count). The second-order valence-electron chi connectivity index (χ2n) is 4.86. The molecule has 0 aliphatic heterocycles. The molecule has 8 heteroatoms. The first-order valence-corrected chi connectivity index (χ1v) is 8.69. The minimum Gasteiger partial charge on any atom is -0.431 e. The number of rotatable bonds is 4. The summed E-state index contributed by atoms with van der Waals surface area (Å²) in [5, 5.41) is 9.76. The smallest absolute Gasteiger partial charge is 0.257 e. The van der Waals surface area contributed by atoms with E-state index in [9.17, 15) is 0 Å². The van der Waals surface area contributed by atoms with E-state index in [0.717, 1.165) is 0 Å². The Kier molecular flexibility index (Phi) is 4.18. The molecule has 24 heavy (non-hydrogen) atoms. The predicted molar refractivity (Wildman–Crippen MR) is 93.3 cm³/mol. The maximum Gasteiger partial charge on any atom is 0.257 e. The fraction of sp³-hybridized carbons (Fsp3) is 0.0625. The second-order valence-corrected chi connectivity index (χ2v) is 6.63. The fourth-order valence-corrected chi connectivity index (χ4v) is 3.18. The molecular formula is C16H9Cl2N3O2S. The Labute approximate surface area is 151 Å². The van der Waals surface area contributed by atoms with E-state index >= 15 is 0 Å². The van der Waals surface area contributed by atoms with Gasteiger partial charge in [-0.05, 0) is 30.3 Å². The van der Waals surface area contributed by atoms with E-state index in [2.05, 4.69) is 15.2 Å². The van der Waals surface area contributed by atoms with Crippen LogP contribution in [0.5, 0.6) is 0 Å². The number of oxazole rings is 1. The fourth-order valence-electron chi connectivity index (χ4n) is 2.12. The van der Waals surface area contributed by atoms with Crippen LogP contribution in [-0.4, -0.2) is 15.2 Å². The predicted octanol–water partition coefficient (Wildman–Crippen LogP) is 5.48. The molecule has 0 bridgehead atoms. The Morgan fingerprint density at radius 3 is 2.75 bits per heavy atom. The lowest BCUT2D eigenvalue weighted by atomic mass is 10.2. The third kappa shape index (κ3) is 3.13. The molecule has 4 aromatic rings. The van der Waals surface area contributed by atoms with Gasteiger partial charge in [-0.25, -0.2) is 4.98 Å². The van der Waals surface area contributed by atoms with Gasteiger partial charge in [0.1, 0.15) is 5.52 Å². The van der Waals surface area contributed by atoms with Crippen molar-refractivity contribution in [1.29, 1.82) is 0 Å². The minimum absolute atomic E-state index is 0.389. The number of hydrogen-bond donors (Lipinski definition) is 0. The van der Waals surface area contributed by atoms with E-state index in [1.165, 1.54) is 11.8 Å². The summed E-state index contributed by atoms with van der Waals surface area (Å²) in [5.41, 5.74) is 2.11. The van der Waals surface area contributed by atoms with Gasteiger partial charge in [-0.1, -0.05) is 47.1 Å². The van der Waals surface area contributed by atoms with Gasteiger partial charge < -0.3 is 8.83 Å². The molecule has 2 heterocycles. The molecule has 0 saturated carbocycles. The highest BCUT2D eigenvalue weighted by Gasteiger charge is 2.13. The largest absolute Gasteiger partial charge is 0.431 e. The SMILES string of the molecule is Clc1ccc2oc(SCc3nnc(-c4ccccc4Cl)o3)nc2c1. The van der Waals surface area contributed by atoms with Crippen molar-refractivity contribution in [1.82, 2.24) is 15.2 Å². The lowest BCUT2D eigenvalue weighted by Crippen LogP contribution is -1.80. The van der Waals surface area contributed by atoms with Crippen LogP contribution in [0.15, 0.2) is 56.5 Å². The zero-order valence-electron chi connectivity index (χ0n) is 12.1. The maximum absolute atomic E-state index is 6.13. The number of nitrogens with zero attached hydrogens (tertiary/aromatic N) is 3. The zero-order chi connectivity index (χ0) is 16.5. The van der Waals surface area contributed by atoms with Gasteiger partial charge in [-0.2, -0.15) is 0 Å². The summed E-state index contributed by atoms with van der Waals surface area (Å²) in [6.07, 6.45) is 0. The van der Waals surface area contributed by atoms with Crippen LogP contribution in [0.4, 0.5) is 0 Å². The minimum atomic E-state index is 0.389. The quantitative estimate of drug-likeness (QED) is 0.439. The van der Waals surface area contributed by atoms with E-state index in [1.807, 2.05) is 18.2 Å². The van der Waals surface area contributed by atoms with Gasteiger partial charge in [0.15, 0.2) is 5.58 Å². The first kappa shape index (κ1) is 15.5. The van der Waals surface area contributed by atoms with E-state index in [0.29, 0.717) is 49.5 Å². The third-order valence-corrected chi connectivity index (χ3v) is 4.60. The van der Waals surface area contributed by atoms with Crippen LogP contribution >= 0.6 is 35.0 Å². The van der Waals surface area contributed by atoms with E-state index in [1.54, 1.807) is 24.3 Å². The van der Waals surface area contributed by atoms with E-state index < -0.39 is 0 Å². The molecule has 0 radical (unpaired) electrons. The van der Waals surface area contributed by atoms with Gasteiger partial charge in [0.2, 0.25) is 11.8 Å². The van der Waals surface area contributed by atoms with Gasteiger partial charge in [-0.3, -0.25) is 0 Å². The van der Waals surface area contributed by atoms with Crippen molar-refractivity contribution in [3.63, 3.8) is 0 Å². The Morgan fingerprint density at radius 2 is 1.88 bits per heavy atom. The molecule has 0 aliphatic rings. The van der Waals surface area contributed by atoms with E-state index in [-0.39, 0.29) is 0 Å². The summed E-state index contributed by atoms with van der Waals surface area (Å²) in [6.45, 7) is 0. The normalized spacial score (nSPS) is 11.2. The lowest BCUT2D eigenvalue weighted by molar-refractivity contribution is 0.486. The summed E-state index contributed by atoms with van der Waals surface area (Å²) >= 11 is 13.4. The first-order chi connectivity index (χ1) is 11.7. The standard InChI is InChI=1S/C16H9Cl2N3O2S/c17-9-5-6-13-12(7-9)19-16(22-13)24-8-14-20-21-15(23-14)10-3-1-2-4-11(10)18/h1-7H,8H2. The monoisotopic (exact) mass is 377 g/mol. The molecule has 0 spiro atoms. The molecule has 0 aliphatic carbocycles. The maximum atomic E-state index is 6.13. The van der Waals surface area contributed by atoms with Crippen LogP contribution in [0.3, 0.4) is 0 Å². The summed E-state index contributed by atoms with van der Waals surface area (Å²) < 4.78 is 11.3. The molecule has 0 amide bonds. The Balaban J connectivity index is 1.50. The molecule has 2 aromatic carbocycles. The van der Waals surface area contributed by atoms with Crippen molar-refractivity contribution in [2.45, 2.75) is 11.0 Å². The topological polar surface area (TPSA) is 65.0 Å². The van der Waals surface area contributed by atoms with E-state index in [4.69, 9.17) is 32.0 Å². The van der Waals surface area contributed by atoms with Gasteiger partial charge in [-0.15, -0.1) is 10.2 Å². The number of benzene rings is 2. The second kappa shape index (κ2) is 6.47. The highest BCUT2D eigenvalue weighted by atomic mass is 35.5. The molecule has 2 aromatic heterocycles. The van der Waals surface area contributed by atoms with Crippen LogP contribution in [0.2, 0.25) is 10.0 Å². The molecule has 0 atom stereocenters. The summed E-state index contributed by atoms with van der Waals surface area (Å²) in [4.78, 5) is 4.37. The van der Waals surface area contributed by atoms with Crippen molar-refractivity contribution in [2.24, 2.45) is 0 Å². The Hall–Kier alpha value is -2.02. The molecule has 120 valence electrons. The summed E-state index contributed by atoms with van der Waals surface area (Å²) in [5.74, 6) is 1.30. The number of thioether (sulfide) groups is 1. The van der Waals surface area contributed by atoms with Crippen molar-refractivity contribution >= 4 is 46.1 Å². The molecule has 0 unspecified atom stereocenters. The number of fused-ring (bicyclic) bond motifs is 1. The van der Waals surface area contributed by atoms with Gasteiger partial charge in [0, 0.05) is 5.02 Å². The molecule has 0 N–H and O–H groups in total. The van der Waals surface area contributed by atoms with Gasteiger partial charge in [0.05, 0.1) is 16.3 Å². The highest BCUT2D eigenvalue weighted by Crippen LogP contribution is 2.30. The number of halogens is 2. The molecular weight excluding hydrogens is 369 g/mol. The van der Waals surface area contributed by atoms with Crippen molar-refractivity contribution < 1.29 is 8.83 Å². The first-order valence-electron chi connectivity index (χ1n) is 6.95. The van der Waals surface area contributed by atoms with Gasteiger partial charge >= 0.3 is 0 Å². The van der Waals surface area contributed by atoms with Crippen molar-refractivity contribution in [3.8, 4) is 11.5 Å². The highest BCUT2D eigenvalue weighted by molar-refractivity contribution is 7.98. The average Bonchev–Trinajstić information content (AvgIpc) is 3.19. The average molecular weight is 378 g/mol. The summed E-state index contributed by atoms with van der Waals surface area (Å²) in [6, 6.07) is 12.6. The van der Waals surface area contributed by atoms with Crippen LogP contribution < -0.4 is 0 Å². The molecule has 0 fully saturated rings. The molecule has 5 nitrogen and oxygen atoms in total. The number of aromatic nitrogens is 3.